The zero-order valence-electron chi connectivity index (χ0n) is 13.2. The van der Waals surface area contributed by atoms with E-state index in [0.29, 0.717) is 0 Å². The van der Waals surface area contributed by atoms with Crippen LogP contribution < -0.4 is 22.1 Å². The van der Waals surface area contributed by atoms with Crippen molar-refractivity contribution in [3.63, 3.8) is 0 Å². The van der Waals surface area contributed by atoms with E-state index in [4.69, 9.17) is 28.6 Å². The van der Waals surface area contributed by atoms with E-state index in [-0.39, 0.29) is 27.6 Å². The molecule has 2 unspecified atom stereocenters. The maximum absolute atomic E-state index is 13.5. The SMILES string of the molecule is N=NC(N)NC(N)Nc1cc(Cl)c(-c2ccc(O)cc2)c(C(F)(F)F)c1. The zero-order chi connectivity index (χ0) is 19.5. The average molecular weight is 389 g/mol. The van der Waals surface area contributed by atoms with Crippen LogP contribution in [0, 0.1) is 5.53 Å². The van der Waals surface area contributed by atoms with Crippen LogP contribution in [-0.4, -0.2) is 17.7 Å². The third-order valence-electron chi connectivity index (χ3n) is 3.36. The van der Waals surface area contributed by atoms with Gasteiger partial charge < -0.3 is 10.4 Å². The molecule has 0 aromatic heterocycles. The third kappa shape index (κ3) is 4.82. The van der Waals surface area contributed by atoms with Gasteiger partial charge in [-0.2, -0.15) is 18.3 Å². The second-order valence-corrected chi connectivity index (χ2v) is 5.70. The van der Waals surface area contributed by atoms with Crippen molar-refractivity contribution in [3.8, 4) is 16.9 Å². The van der Waals surface area contributed by atoms with Crippen LogP contribution >= 0.6 is 11.6 Å². The summed E-state index contributed by atoms with van der Waals surface area (Å²) in [6.07, 6.45) is -6.85. The molecule has 2 atom stereocenters. The van der Waals surface area contributed by atoms with Crippen molar-refractivity contribution in [3.05, 3.63) is 47.0 Å². The standard InChI is InChI=1S/C15H16ClF3N6O/c16-11-6-8(23-13(20)24-14(21)25-22)5-10(15(17,18)19)12(11)7-1-3-9(26)4-2-7/h1-6,13-14,22-24,26H,20-21H2. The van der Waals surface area contributed by atoms with Gasteiger partial charge in [0.15, 0.2) is 6.29 Å². The van der Waals surface area contributed by atoms with Crippen LogP contribution in [0.25, 0.3) is 11.1 Å². The summed E-state index contributed by atoms with van der Waals surface area (Å²) in [5, 5.41) is 17.2. The molecule has 0 saturated carbocycles. The van der Waals surface area contributed by atoms with Gasteiger partial charge in [0.1, 0.15) is 12.0 Å². The van der Waals surface area contributed by atoms with Crippen LogP contribution in [-0.2, 0) is 6.18 Å². The molecule has 0 spiro atoms. The molecule has 2 aromatic rings. The van der Waals surface area contributed by atoms with E-state index in [0.717, 1.165) is 6.07 Å². The highest BCUT2D eigenvalue weighted by atomic mass is 35.5. The van der Waals surface area contributed by atoms with Gasteiger partial charge in [-0.25, -0.2) is 10.8 Å². The quantitative estimate of drug-likeness (QED) is 0.334. The highest BCUT2D eigenvalue weighted by molar-refractivity contribution is 6.33. The lowest BCUT2D eigenvalue weighted by atomic mass is 9.98. The van der Waals surface area contributed by atoms with Crippen molar-refractivity contribution in [1.82, 2.24) is 5.32 Å². The molecule has 0 saturated heterocycles. The molecule has 0 aliphatic rings. The van der Waals surface area contributed by atoms with Crippen molar-refractivity contribution in [2.45, 2.75) is 18.8 Å². The second-order valence-electron chi connectivity index (χ2n) is 5.29. The number of rotatable bonds is 6. The lowest BCUT2D eigenvalue weighted by Crippen LogP contribution is -2.51. The van der Waals surface area contributed by atoms with Gasteiger partial charge in [-0.3, -0.25) is 11.5 Å². The highest BCUT2D eigenvalue weighted by Gasteiger charge is 2.35. The number of nitrogens with one attached hydrogen (secondary N) is 3. The number of anilines is 1. The molecule has 2 rings (SSSR count). The number of nitrogens with zero attached hydrogens (tertiary/aromatic N) is 1. The number of halogens is 4. The highest BCUT2D eigenvalue weighted by Crippen LogP contribution is 2.43. The minimum atomic E-state index is -4.68. The Labute approximate surface area is 151 Å². The first-order valence-electron chi connectivity index (χ1n) is 7.22. The molecular formula is C15H16ClF3N6O. The molecule has 2 aromatic carbocycles. The fourth-order valence-corrected chi connectivity index (χ4v) is 2.61. The molecule has 140 valence electrons. The predicted molar refractivity (Wildman–Crippen MR) is 91.4 cm³/mol. The van der Waals surface area contributed by atoms with Crippen LogP contribution in [0.1, 0.15) is 5.56 Å². The number of alkyl halides is 3. The smallest absolute Gasteiger partial charge is 0.417 e. The van der Waals surface area contributed by atoms with E-state index in [1.54, 1.807) is 0 Å². The number of benzene rings is 2. The van der Waals surface area contributed by atoms with Gasteiger partial charge in [-0.15, -0.1) is 0 Å². The molecule has 0 aliphatic carbocycles. The van der Waals surface area contributed by atoms with Gasteiger partial charge in [0.25, 0.3) is 0 Å². The fourth-order valence-electron chi connectivity index (χ4n) is 2.28. The topological polar surface area (TPSA) is 133 Å². The Morgan fingerprint density at radius 1 is 1.15 bits per heavy atom. The summed E-state index contributed by atoms with van der Waals surface area (Å²) in [5.41, 5.74) is 16.8. The minimum absolute atomic E-state index is 0.00188. The Kier molecular flexibility index (Phi) is 6.03. The van der Waals surface area contributed by atoms with Gasteiger partial charge in [-0.1, -0.05) is 23.7 Å². The van der Waals surface area contributed by atoms with Crippen LogP contribution in [0.3, 0.4) is 0 Å². The van der Waals surface area contributed by atoms with E-state index >= 15 is 0 Å². The van der Waals surface area contributed by atoms with Gasteiger partial charge >= 0.3 is 6.18 Å². The van der Waals surface area contributed by atoms with Crippen LogP contribution in [0.4, 0.5) is 18.9 Å². The van der Waals surface area contributed by atoms with Crippen molar-refractivity contribution in [2.75, 3.05) is 5.32 Å². The number of nitrogens with two attached hydrogens (primary N) is 2. The van der Waals surface area contributed by atoms with Gasteiger partial charge in [0, 0.05) is 11.3 Å². The number of aromatic hydroxyl groups is 1. The first kappa shape index (κ1) is 19.9. The van der Waals surface area contributed by atoms with Crippen LogP contribution in [0.15, 0.2) is 41.5 Å². The summed E-state index contributed by atoms with van der Waals surface area (Å²) in [7, 11) is 0. The first-order valence-corrected chi connectivity index (χ1v) is 7.60. The molecule has 7 nitrogen and oxygen atoms in total. The molecule has 8 N–H and O–H groups in total. The summed E-state index contributed by atoms with van der Waals surface area (Å²) in [4.78, 5) is 0. The van der Waals surface area contributed by atoms with Gasteiger partial charge in [-0.05, 0) is 29.8 Å². The Morgan fingerprint density at radius 3 is 2.31 bits per heavy atom. The van der Waals surface area contributed by atoms with Crippen molar-refractivity contribution < 1.29 is 18.3 Å². The fraction of sp³-hybridized carbons (Fsp3) is 0.200. The molecule has 11 heteroatoms. The number of phenols is 1. The van der Waals surface area contributed by atoms with Gasteiger partial charge in [0.2, 0.25) is 0 Å². The summed E-state index contributed by atoms with van der Waals surface area (Å²) in [6, 6.07) is 7.35. The Bertz CT molecular complexity index is 784. The van der Waals surface area contributed by atoms with E-state index in [2.05, 4.69) is 15.7 Å². The van der Waals surface area contributed by atoms with E-state index in [1.165, 1.54) is 30.3 Å². The summed E-state index contributed by atoms with van der Waals surface area (Å²) in [5.74, 6) is -0.0788. The maximum Gasteiger partial charge on any atom is 0.417 e. The Hall–Kier alpha value is -2.40. The second kappa shape index (κ2) is 7.87. The monoisotopic (exact) mass is 388 g/mol. The molecule has 0 heterocycles. The minimum Gasteiger partial charge on any atom is -0.508 e. The first-order chi connectivity index (χ1) is 12.1. The molecule has 0 aliphatic heterocycles. The lowest BCUT2D eigenvalue weighted by Gasteiger charge is -2.21. The maximum atomic E-state index is 13.5. The normalized spacial score (nSPS) is 13.9. The number of hydrogen-bond acceptors (Lipinski definition) is 7. The molecule has 26 heavy (non-hydrogen) atoms. The summed E-state index contributed by atoms with van der Waals surface area (Å²) >= 11 is 6.09. The van der Waals surface area contributed by atoms with Gasteiger partial charge in [0.05, 0.1) is 10.6 Å². The molecule has 0 fully saturated rings. The largest absolute Gasteiger partial charge is 0.508 e. The van der Waals surface area contributed by atoms with Crippen LogP contribution in [0.2, 0.25) is 5.02 Å². The average Bonchev–Trinajstić information content (AvgIpc) is 2.54. The summed E-state index contributed by atoms with van der Waals surface area (Å²) < 4.78 is 40.6. The molecule has 0 radical (unpaired) electrons. The predicted octanol–water partition coefficient (Wildman–Crippen LogP) is 3.25. The number of hydrogen-bond donors (Lipinski definition) is 6. The lowest BCUT2D eigenvalue weighted by molar-refractivity contribution is -0.137. The van der Waals surface area contributed by atoms with Crippen molar-refractivity contribution >= 4 is 17.3 Å². The van der Waals surface area contributed by atoms with Crippen LogP contribution in [0.5, 0.6) is 5.75 Å². The van der Waals surface area contributed by atoms with E-state index < -0.39 is 24.3 Å². The van der Waals surface area contributed by atoms with Crippen molar-refractivity contribution in [2.24, 2.45) is 16.6 Å². The zero-order valence-corrected chi connectivity index (χ0v) is 13.9. The Morgan fingerprint density at radius 2 is 1.77 bits per heavy atom. The number of phenolic OH excluding ortho intramolecular Hbond substituents is 1. The third-order valence-corrected chi connectivity index (χ3v) is 3.66. The molecule has 0 amide bonds. The molecule has 0 bridgehead atoms. The molecular weight excluding hydrogens is 373 g/mol. The van der Waals surface area contributed by atoms with E-state index in [1.807, 2.05) is 0 Å². The van der Waals surface area contributed by atoms with Crippen molar-refractivity contribution in [1.29, 1.82) is 5.53 Å². The Balaban J connectivity index is 2.45. The van der Waals surface area contributed by atoms with E-state index in [9.17, 15) is 18.3 Å². The summed E-state index contributed by atoms with van der Waals surface area (Å²) in [6.45, 7) is 0.